The van der Waals surface area contributed by atoms with Gasteiger partial charge in [0.2, 0.25) is 0 Å². The summed E-state index contributed by atoms with van der Waals surface area (Å²) in [6.45, 7) is 4.83. The summed E-state index contributed by atoms with van der Waals surface area (Å²) < 4.78 is 0. The molecule has 1 aliphatic rings. The number of benzene rings is 12. The van der Waals surface area contributed by atoms with Gasteiger partial charge in [-0.2, -0.15) is 0 Å². The predicted octanol–water partition coefficient (Wildman–Crippen LogP) is 17.7. The van der Waals surface area contributed by atoms with Crippen LogP contribution >= 0.6 is 0 Å². The molecular formula is C63H43N. The summed E-state index contributed by atoms with van der Waals surface area (Å²) in [5.74, 6) is 0. The summed E-state index contributed by atoms with van der Waals surface area (Å²) in [4.78, 5) is 2.48. The molecule has 0 aliphatic heterocycles. The van der Waals surface area contributed by atoms with Crippen LogP contribution < -0.4 is 4.90 Å². The summed E-state index contributed by atoms with van der Waals surface area (Å²) >= 11 is 0. The van der Waals surface area contributed by atoms with E-state index in [1.54, 1.807) is 0 Å². The van der Waals surface area contributed by atoms with Crippen LogP contribution in [0.2, 0.25) is 0 Å². The Labute approximate surface area is 373 Å². The lowest BCUT2D eigenvalue weighted by Gasteiger charge is -2.30. The second-order valence-corrected chi connectivity index (χ2v) is 18.0. The van der Waals surface area contributed by atoms with Crippen LogP contribution in [0.25, 0.3) is 98.0 Å². The first-order valence-electron chi connectivity index (χ1n) is 22.4. The maximum absolute atomic E-state index is 2.51. The van der Waals surface area contributed by atoms with Crippen molar-refractivity contribution in [1.29, 1.82) is 0 Å². The molecule has 0 N–H and O–H groups in total. The van der Waals surface area contributed by atoms with Crippen LogP contribution in [0.15, 0.2) is 224 Å². The fourth-order valence-electron chi connectivity index (χ4n) is 11.1. The molecule has 64 heavy (non-hydrogen) atoms. The van der Waals surface area contributed by atoms with Crippen LogP contribution in [0.4, 0.5) is 17.1 Å². The minimum Gasteiger partial charge on any atom is -0.309 e. The van der Waals surface area contributed by atoms with Gasteiger partial charge in [-0.25, -0.2) is 0 Å². The van der Waals surface area contributed by atoms with Crippen molar-refractivity contribution >= 4 is 81.7 Å². The monoisotopic (exact) mass is 813 g/mol. The Kier molecular flexibility index (Phi) is 8.02. The number of rotatable bonds is 5. The van der Waals surface area contributed by atoms with E-state index in [9.17, 15) is 0 Å². The normalized spacial score (nSPS) is 13.0. The molecule has 0 aromatic heterocycles. The largest absolute Gasteiger partial charge is 0.309 e. The maximum Gasteiger partial charge on any atom is 0.0540 e. The highest BCUT2D eigenvalue weighted by molar-refractivity contribution is 6.24. The second-order valence-electron chi connectivity index (χ2n) is 18.0. The zero-order valence-corrected chi connectivity index (χ0v) is 35.8. The first-order chi connectivity index (χ1) is 31.5. The SMILES string of the molecule is CC1(C)c2cc(-c3c4ccccc4c(-c4ccc5ccccc5c4)c4cc5ccccc5cc34)ccc2-c2ccc(N(c3cccc4ccccc34)c3cccc4ccccc34)cc21. The van der Waals surface area contributed by atoms with Gasteiger partial charge in [-0.15, -0.1) is 0 Å². The summed E-state index contributed by atoms with van der Waals surface area (Å²) in [7, 11) is 0. The number of nitrogens with zero attached hydrogens (tertiary/aromatic N) is 1. The van der Waals surface area contributed by atoms with E-state index in [0.717, 1.165) is 5.69 Å². The smallest absolute Gasteiger partial charge is 0.0540 e. The molecule has 0 bridgehead atoms. The van der Waals surface area contributed by atoms with Gasteiger partial charge in [-0.1, -0.05) is 190 Å². The Morgan fingerprint density at radius 1 is 0.297 bits per heavy atom. The Bertz CT molecular complexity index is 3800. The number of fused-ring (bicyclic) bond motifs is 9. The van der Waals surface area contributed by atoms with Gasteiger partial charge in [0, 0.05) is 21.9 Å². The van der Waals surface area contributed by atoms with E-state index in [1.807, 2.05) is 0 Å². The van der Waals surface area contributed by atoms with Crippen LogP contribution in [-0.2, 0) is 5.41 Å². The summed E-state index contributed by atoms with van der Waals surface area (Å²) in [6, 6.07) is 83.7. The van der Waals surface area contributed by atoms with E-state index in [4.69, 9.17) is 0 Å². The average Bonchev–Trinajstić information content (AvgIpc) is 3.57. The Morgan fingerprint density at radius 3 is 1.30 bits per heavy atom. The molecule has 0 unspecified atom stereocenters. The van der Waals surface area contributed by atoms with Crippen LogP contribution in [0, 0.1) is 0 Å². The highest BCUT2D eigenvalue weighted by Gasteiger charge is 2.37. The predicted molar refractivity (Wildman–Crippen MR) is 275 cm³/mol. The second kappa shape index (κ2) is 14.0. The molecule has 13 rings (SSSR count). The number of hydrogen-bond donors (Lipinski definition) is 0. The molecule has 300 valence electrons. The van der Waals surface area contributed by atoms with Crippen molar-refractivity contribution in [2.24, 2.45) is 0 Å². The molecule has 12 aromatic rings. The lowest BCUT2D eigenvalue weighted by atomic mass is 9.80. The van der Waals surface area contributed by atoms with Crippen LogP contribution in [0.3, 0.4) is 0 Å². The zero-order valence-electron chi connectivity index (χ0n) is 35.8. The molecule has 0 saturated heterocycles. The minimum absolute atomic E-state index is 0.261. The molecule has 1 heteroatoms. The summed E-state index contributed by atoms with van der Waals surface area (Å²) in [5, 5.41) is 15.0. The highest BCUT2D eigenvalue weighted by Crippen LogP contribution is 2.54. The van der Waals surface area contributed by atoms with Crippen LogP contribution in [0.1, 0.15) is 25.0 Å². The van der Waals surface area contributed by atoms with Gasteiger partial charge in [0.15, 0.2) is 0 Å². The number of hydrogen-bond acceptors (Lipinski definition) is 1. The fraction of sp³-hybridized carbons (Fsp3) is 0.0476. The van der Waals surface area contributed by atoms with Crippen molar-refractivity contribution in [3.05, 3.63) is 236 Å². The van der Waals surface area contributed by atoms with Crippen molar-refractivity contribution < 1.29 is 0 Å². The van der Waals surface area contributed by atoms with E-state index in [2.05, 4.69) is 243 Å². The third kappa shape index (κ3) is 5.50. The van der Waals surface area contributed by atoms with Crippen LogP contribution in [0.5, 0.6) is 0 Å². The van der Waals surface area contributed by atoms with Gasteiger partial charge in [-0.05, 0) is 147 Å². The molecule has 12 aromatic carbocycles. The molecule has 0 radical (unpaired) electrons. The van der Waals surface area contributed by atoms with Gasteiger partial charge < -0.3 is 4.90 Å². The Morgan fingerprint density at radius 2 is 0.719 bits per heavy atom. The molecule has 1 nitrogen and oxygen atoms in total. The van der Waals surface area contributed by atoms with Crippen molar-refractivity contribution in [2.75, 3.05) is 4.90 Å². The quantitative estimate of drug-likeness (QED) is 0.157. The molecule has 0 atom stereocenters. The maximum atomic E-state index is 2.51. The molecule has 0 saturated carbocycles. The summed E-state index contributed by atoms with van der Waals surface area (Å²) in [5.41, 5.74) is 13.6. The van der Waals surface area contributed by atoms with E-state index < -0.39 is 0 Å². The van der Waals surface area contributed by atoms with Gasteiger partial charge in [0.05, 0.1) is 11.4 Å². The highest BCUT2D eigenvalue weighted by atomic mass is 15.1. The summed E-state index contributed by atoms with van der Waals surface area (Å²) in [6.07, 6.45) is 0. The molecule has 1 aliphatic carbocycles. The van der Waals surface area contributed by atoms with Crippen molar-refractivity contribution in [3.63, 3.8) is 0 Å². The third-order valence-corrected chi connectivity index (χ3v) is 14.1. The van der Waals surface area contributed by atoms with Gasteiger partial charge in [0.25, 0.3) is 0 Å². The Balaban J connectivity index is 1.01. The first-order valence-corrected chi connectivity index (χ1v) is 22.4. The fourth-order valence-corrected chi connectivity index (χ4v) is 11.1. The van der Waals surface area contributed by atoms with E-state index in [1.165, 1.54) is 121 Å². The molecule has 0 amide bonds. The third-order valence-electron chi connectivity index (χ3n) is 14.1. The van der Waals surface area contributed by atoms with E-state index in [-0.39, 0.29) is 5.41 Å². The number of anilines is 3. The standard InChI is InChI=1S/C63H43N/c1-63(2)57-38-47(62-54-26-12-11-25-53(54)61(46-30-29-40-15-3-4-18-43(40)35-46)55-36-44-19-5-6-20-45(44)37-56(55)62)31-33-51(57)52-34-32-48(39-58(52)63)64(59-27-13-21-41-16-7-9-23-49(41)59)60-28-14-22-42-17-8-10-24-50(42)60/h3-39H,1-2H3. The van der Waals surface area contributed by atoms with Gasteiger partial charge >= 0.3 is 0 Å². The Hall–Kier alpha value is -8.00. The first kappa shape index (κ1) is 36.6. The van der Waals surface area contributed by atoms with Crippen molar-refractivity contribution in [2.45, 2.75) is 19.3 Å². The molecule has 0 fully saturated rings. The molecular weight excluding hydrogens is 771 g/mol. The average molecular weight is 814 g/mol. The minimum atomic E-state index is -0.261. The van der Waals surface area contributed by atoms with Crippen molar-refractivity contribution in [3.8, 4) is 33.4 Å². The van der Waals surface area contributed by atoms with Gasteiger partial charge in [0.1, 0.15) is 0 Å². The molecule has 0 spiro atoms. The lowest BCUT2D eigenvalue weighted by Crippen LogP contribution is -2.17. The van der Waals surface area contributed by atoms with Gasteiger partial charge in [-0.3, -0.25) is 0 Å². The van der Waals surface area contributed by atoms with Crippen molar-refractivity contribution in [1.82, 2.24) is 0 Å². The zero-order chi connectivity index (χ0) is 42.5. The topological polar surface area (TPSA) is 3.24 Å². The lowest BCUT2D eigenvalue weighted by molar-refractivity contribution is 0.660. The molecule has 0 heterocycles. The van der Waals surface area contributed by atoms with E-state index in [0.29, 0.717) is 0 Å². The van der Waals surface area contributed by atoms with Crippen LogP contribution in [-0.4, -0.2) is 0 Å². The van der Waals surface area contributed by atoms with E-state index >= 15 is 0 Å².